The maximum atomic E-state index is 6.06. The van der Waals surface area contributed by atoms with E-state index in [4.69, 9.17) is 27.9 Å². The zero-order chi connectivity index (χ0) is 17.8. The second-order valence-corrected chi connectivity index (χ2v) is 6.55. The summed E-state index contributed by atoms with van der Waals surface area (Å²) in [6.07, 6.45) is 0. The summed E-state index contributed by atoms with van der Waals surface area (Å²) in [6.45, 7) is 6.78. The van der Waals surface area contributed by atoms with Crippen LogP contribution in [0.3, 0.4) is 0 Å². The van der Waals surface area contributed by atoms with Crippen molar-refractivity contribution in [1.29, 1.82) is 0 Å². The highest BCUT2D eigenvalue weighted by atomic mass is 35.5. The van der Waals surface area contributed by atoms with Gasteiger partial charge < -0.3 is 9.64 Å². The molecule has 0 saturated carbocycles. The van der Waals surface area contributed by atoms with Crippen LogP contribution < -0.4 is 10.3 Å². The van der Waals surface area contributed by atoms with Crippen LogP contribution in [0.2, 0.25) is 10.0 Å². The van der Waals surface area contributed by atoms with E-state index in [9.17, 15) is 0 Å². The van der Waals surface area contributed by atoms with Crippen molar-refractivity contribution in [3.05, 3.63) is 45.6 Å². The molecule has 0 unspecified atom stereocenters. The Kier molecular flexibility index (Phi) is 5.73. The molecule has 0 amide bonds. The van der Waals surface area contributed by atoms with Crippen LogP contribution in [0.1, 0.15) is 18.2 Å². The lowest BCUT2D eigenvalue weighted by Crippen LogP contribution is -2.37. The molecule has 1 aromatic heterocycles. The molecule has 2 heterocycles. The molecule has 1 aliphatic rings. The number of hydrogen-bond acceptors (Lipinski definition) is 6. The van der Waals surface area contributed by atoms with Crippen LogP contribution in [0, 0.1) is 6.92 Å². The fraction of sp³-hybridized carbons (Fsp3) is 0.353. The number of aromatic nitrogens is 2. The van der Waals surface area contributed by atoms with E-state index in [1.807, 2.05) is 26.0 Å². The fourth-order valence-corrected chi connectivity index (χ4v) is 2.74. The van der Waals surface area contributed by atoms with E-state index >= 15 is 0 Å². The summed E-state index contributed by atoms with van der Waals surface area (Å²) in [5.41, 5.74) is 5.55. The Balaban J connectivity index is 1.77. The number of nitrogens with zero attached hydrogens (tertiary/aromatic N) is 4. The standard InChI is InChI=1S/C17H19Cl2N5O/c1-11-9-16(21-17(20-11)24-5-7-25-8-6-24)23-22-12(2)13-3-4-14(18)15(19)10-13/h3-4,9-10H,5-8H2,1-2H3,(H,20,21,23). The predicted octanol–water partition coefficient (Wildman–Crippen LogP) is 3.76. The van der Waals surface area contributed by atoms with Crippen molar-refractivity contribution < 1.29 is 4.74 Å². The van der Waals surface area contributed by atoms with E-state index in [1.54, 1.807) is 12.1 Å². The number of aryl methyl sites for hydroxylation is 1. The Hall–Kier alpha value is -1.89. The number of hydrazone groups is 1. The summed E-state index contributed by atoms with van der Waals surface area (Å²) < 4.78 is 5.37. The predicted molar refractivity (Wildman–Crippen MR) is 102 cm³/mol. The maximum Gasteiger partial charge on any atom is 0.227 e. The first-order valence-electron chi connectivity index (χ1n) is 7.97. The molecule has 8 heteroatoms. The zero-order valence-electron chi connectivity index (χ0n) is 14.1. The summed E-state index contributed by atoms with van der Waals surface area (Å²) >= 11 is 12.0. The van der Waals surface area contributed by atoms with E-state index in [1.165, 1.54) is 0 Å². The van der Waals surface area contributed by atoms with Gasteiger partial charge in [0.1, 0.15) is 0 Å². The lowest BCUT2D eigenvalue weighted by molar-refractivity contribution is 0.122. The number of ether oxygens (including phenoxy) is 1. The summed E-state index contributed by atoms with van der Waals surface area (Å²) in [5, 5.41) is 5.42. The monoisotopic (exact) mass is 379 g/mol. The average molecular weight is 380 g/mol. The van der Waals surface area contributed by atoms with Crippen molar-refractivity contribution in [3.8, 4) is 0 Å². The number of morpholine rings is 1. The summed E-state index contributed by atoms with van der Waals surface area (Å²) in [7, 11) is 0. The van der Waals surface area contributed by atoms with Gasteiger partial charge in [-0.1, -0.05) is 29.3 Å². The van der Waals surface area contributed by atoms with Crippen molar-refractivity contribution >= 4 is 40.7 Å². The molecule has 0 atom stereocenters. The van der Waals surface area contributed by atoms with Crippen molar-refractivity contribution in [2.24, 2.45) is 5.10 Å². The third-order valence-corrected chi connectivity index (χ3v) is 4.55. The third kappa shape index (κ3) is 4.60. The van der Waals surface area contributed by atoms with E-state index in [2.05, 4.69) is 25.4 Å². The van der Waals surface area contributed by atoms with Crippen LogP contribution in [0.5, 0.6) is 0 Å². The molecular weight excluding hydrogens is 361 g/mol. The SMILES string of the molecule is CC(=NNc1cc(C)nc(N2CCOCC2)n1)c1ccc(Cl)c(Cl)c1. The minimum absolute atomic E-state index is 0.501. The highest BCUT2D eigenvalue weighted by molar-refractivity contribution is 6.42. The average Bonchev–Trinajstić information content (AvgIpc) is 2.62. The molecule has 1 fully saturated rings. The van der Waals surface area contributed by atoms with Crippen LogP contribution in [0.15, 0.2) is 29.4 Å². The summed E-state index contributed by atoms with van der Waals surface area (Å²) in [4.78, 5) is 11.2. The Morgan fingerprint density at radius 3 is 2.64 bits per heavy atom. The number of halogens is 2. The second-order valence-electron chi connectivity index (χ2n) is 5.73. The fourth-order valence-electron chi connectivity index (χ4n) is 2.44. The first-order valence-corrected chi connectivity index (χ1v) is 8.72. The molecule has 1 aromatic carbocycles. The molecule has 0 radical (unpaired) electrons. The van der Waals surface area contributed by atoms with Gasteiger partial charge in [-0.3, -0.25) is 5.43 Å². The van der Waals surface area contributed by atoms with Crippen LogP contribution in [0.4, 0.5) is 11.8 Å². The van der Waals surface area contributed by atoms with E-state index < -0.39 is 0 Å². The molecular formula is C17H19Cl2N5O. The lowest BCUT2D eigenvalue weighted by Gasteiger charge is -2.27. The number of rotatable bonds is 4. The molecule has 1 saturated heterocycles. The number of anilines is 2. The van der Waals surface area contributed by atoms with Crippen LogP contribution in [0.25, 0.3) is 0 Å². The smallest absolute Gasteiger partial charge is 0.227 e. The Morgan fingerprint density at radius 2 is 1.92 bits per heavy atom. The second kappa shape index (κ2) is 7.99. The zero-order valence-corrected chi connectivity index (χ0v) is 15.6. The van der Waals surface area contributed by atoms with Gasteiger partial charge in [-0.2, -0.15) is 10.1 Å². The van der Waals surface area contributed by atoms with Gasteiger partial charge in [0.15, 0.2) is 5.82 Å². The molecule has 0 aliphatic carbocycles. The summed E-state index contributed by atoms with van der Waals surface area (Å²) in [6, 6.07) is 7.27. The van der Waals surface area contributed by atoms with Gasteiger partial charge in [0.2, 0.25) is 5.95 Å². The van der Waals surface area contributed by atoms with Crippen molar-refractivity contribution in [3.63, 3.8) is 0 Å². The first kappa shape index (κ1) is 17.9. The normalized spacial score (nSPS) is 15.4. The van der Waals surface area contributed by atoms with Crippen LogP contribution in [-0.4, -0.2) is 42.0 Å². The Bertz CT molecular complexity index is 791. The number of benzene rings is 1. The van der Waals surface area contributed by atoms with Gasteiger partial charge in [0.05, 0.1) is 29.0 Å². The summed E-state index contributed by atoms with van der Waals surface area (Å²) in [5.74, 6) is 1.33. The largest absolute Gasteiger partial charge is 0.378 e. The Labute approximate surface area is 156 Å². The molecule has 1 N–H and O–H groups in total. The van der Waals surface area contributed by atoms with E-state index in [0.717, 1.165) is 30.1 Å². The number of nitrogens with one attached hydrogen (secondary N) is 1. The highest BCUT2D eigenvalue weighted by Crippen LogP contribution is 2.23. The molecule has 0 bridgehead atoms. The van der Waals surface area contributed by atoms with Crippen molar-refractivity contribution in [2.45, 2.75) is 13.8 Å². The lowest BCUT2D eigenvalue weighted by atomic mass is 10.1. The van der Waals surface area contributed by atoms with E-state index in [-0.39, 0.29) is 0 Å². The van der Waals surface area contributed by atoms with Gasteiger partial charge in [-0.15, -0.1) is 0 Å². The quantitative estimate of drug-likeness (QED) is 0.646. The van der Waals surface area contributed by atoms with Gasteiger partial charge in [0.25, 0.3) is 0 Å². The molecule has 6 nitrogen and oxygen atoms in total. The van der Waals surface area contributed by atoms with Crippen molar-refractivity contribution in [2.75, 3.05) is 36.6 Å². The van der Waals surface area contributed by atoms with Crippen LogP contribution >= 0.6 is 23.2 Å². The highest BCUT2D eigenvalue weighted by Gasteiger charge is 2.15. The molecule has 0 spiro atoms. The first-order chi connectivity index (χ1) is 12.0. The van der Waals surface area contributed by atoms with Gasteiger partial charge in [-0.25, -0.2) is 4.98 Å². The number of hydrogen-bond donors (Lipinski definition) is 1. The maximum absolute atomic E-state index is 6.06. The molecule has 132 valence electrons. The van der Waals surface area contributed by atoms with Gasteiger partial charge >= 0.3 is 0 Å². The minimum atomic E-state index is 0.501. The van der Waals surface area contributed by atoms with Crippen LogP contribution in [-0.2, 0) is 4.74 Å². The van der Waals surface area contributed by atoms with E-state index in [0.29, 0.717) is 35.0 Å². The van der Waals surface area contributed by atoms with Gasteiger partial charge in [-0.05, 0) is 31.5 Å². The van der Waals surface area contributed by atoms with Gasteiger partial charge in [0, 0.05) is 24.8 Å². The molecule has 3 rings (SSSR count). The minimum Gasteiger partial charge on any atom is -0.378 e. The topological polar surface area (TPSA) is 62.6 Å². The molecule has 25 heavy (non-hydrogen) atoms. The van der Waals surface area contributed by atoms with Crippen molar-refractivity contribution in [1.82, 2.24) is 9.97 Å². The Morgan fingerprint density at radius 1 is 1.16 bits per heavy atom. The molecule has 1 aliphatic heterocycles. The third-order valence-electron chi connectivity index (χ3n) is 3.81. The molecule has 2 aromatic rings.